The van der Waals surface area contributed by atoms with Crippen LogP contribution in [0.15, 0.2) is 48.5 Å². The highest BCUT2D eigenvalue weighted by atomic mass is 32.2. The van der Waals surface area contributed by atoms with E-state index in [4.69, 9.17) is 4.74 Å². The van der Waals surface area contributed by atoms with Crippen molar-refractivity contribution in [2.75, 3.05) is 29.6 Å². The van der Waals surface area contributed by atoms with Crippen LogP contribution in [-0.4, -0.2) is 56.0 Å². The van der Waals surface area contributed by atoms with E-state index in [1.807, 2.05) is 67.3 Å². The minimum absolute atomic E-state index is 0.000883. The van der Waals surface area contributed by atoms with E-state index in [9.17, 15) is 13.2 Å². The van der Waals surface area contributed by atoms with Crippen LogP contribution in [0.2, 0.25) is 0 Å². The van der Waals surface area contributed by atoms with Crippen LogP contribution < -0.4 is 9.64 Å². The molecule has 4 rings (SSSR count). The van der Waals surface area contributed by atoms with Gasteiger partial charge in [0.2, 0.25) is 5.91 Å². The number of carbonyl (C=O) groups excluding carboxylic acids is 1. The molecule has 0 aromatic heterocycles. The van der Waals surface area contributed by atoms with Crippen LogP contribution in [0.5, 0.6) is 5.75 Å². The van der Waals surface area contributed by atoms with Gasteiger partial charge in [0.15, 0.2) is 9.84 Å². The van der Waals surface area contributed by atoms with Crippen LogP contribution in [-0.2, 0) is 21.2 Å². The third-order valence-corrected chi connectivity index (χ3v) is 7.46. The molecule has 0 unspecified atom stereocenters. The van der Waals surface area contributed by atoms with E-state index >= 15 is 0 Å². The van der Waals surface area contributed by atoms with Crippen LogP contribution in [0.25, 0.3) is 0 Å². The maximum atomic E-state index is 13.1. The van der Waals surface area contributed by atoms with Crippen molar-refractivity contribution in [3.05, 3.63) is 59.7 Å². The molecule has 0 N–H and O–H groups in total. The first-order valence-electron chi connectivity index (χ1n) is 9.92. The van der Waals surface area contributed by atoms with Crippen LogP contribution in [0.4, 0.5) is 5.69 Å². The monoisotopic (exact) mass is 414 g/mol. The second-order valence-electron chi connectivity index (χ2n) is 7.73. The number of carbonyl (C=O) groups is 1. The molecule has 2 saturated heterocycles. The molecule has 0 saturated carbocycles. The molecule has 2 aromatic rings. The van der Waals surface area contributed by atoms with Gasteiger partial charge in [-0.1, -0.05) is 24.3 Å². The highest BCUT2D eigenvalue weighted by Crippen LogP contribution is 2.33. The lowest BCUT2D eigenvalue weighted by Crippen LogP contribution is -2.61. The Morgan fingerprint density at radius 2 is 1.72 bits per heavy atom. The number of nitrogens with zero attached hydrogens (tertiary/aromatic N) is 2. The standard InChI is InChI=1S/C22H26N2O4S/c1-3-28-19-10-8-18(9-11-19)24-21-15-29(26,27)14-20(21)23(13-22(24)25)12-17-7-5-4-6-16(17)2/h4-11,20-21H,3,12-15H2,1-2H3/t20-,21+/m0/s1. The molecule has 29 heavy (non-hydrogen) atoms. The first kappa shape index (κ1) is 19.9. The molecule has 2 atom stereocenters. The molecule has 1 amide bonds. The number of benzene rings is 2. The highest BCUT2D eigenvalue weighted by Gasteiger charge is 2.49. The van der Waals surface area contributed by atoms with Gasteiger partial charge in [-0.2, -0.15) is 0 Å². The van der Waals surface area contributed by atoms with E-state index < -0.39 is 9.84 Å². The van der Waals surface area contributed by atoms with Crippen LogP contribution in [0.3, 0.4) is 0 Å². The van der Waals surface area contributed by atoms with Crippen molar-refractivity contribution in [2.24, 2.45) is 0 Å². The van der Waals surface area contributed by atoms with Gasteiger partial charge in [0.05, 0.1) is 30.7 Å². The normalized spacial score (nSPS) is 23.8. The summed E-state index contributed by atoms with van der Waals surface area (Å²) in [5, 5.41) is 0. The van der Waals surface area contributed by atoms with Crippen LogP contribution in [0.1, 0.15) is 18.1 Å². The average molecular weight is 415 g/mol. The number of rotatable bonds is 5. The van der Waals surface area contributed by atoms with Gasteiger partial charge in [0, 0.05) is 18.3 Å². The molecule has 2 aliphatic heterocycles. The number of hydrogen-bond donors (Lipinski definition) is 0. The summed E-state index contributed by atoms with van der Waals surface area (Å²) in [5.41, 5.74) is 2.99. The molecule has 6 nitrogen and oxygen atoms in total. The Kier molecular flexibility index (Phi) is 5.36. The molecule has 7 heteroatoms. The first-order valence-corrected chi connectivity index (χ1v) is 11.7. The summed E-state index contributed by atoms with van der Waals surface area (Å²) < 4.78 is 30.5. The molecule has 0 aliphatic carbocycles. The molecule has 0 spiro atoms. The summed E-state index contributed by atoms with van der Waals surface area (Å²) in [4.78, 5) is 16.8. The smallest absolute Gasteiger partial charge is 0.241 e. The van der Waals surface area contributed by atoms with Crippen molar-refractivity contribution in [3.8, 4) is 5.75 Å². The maximum Gasteiger partial charge on any atom is 0.241 e. The van der Waals surface area contributed by atoms with Gasteiger partial charge < -0.3 is 9.64 Å². The molecular weight excluding hydrogens is 388 g/mol. The minimum Gasteiger partial charge on any atom is -0.494 e. The Balaban J connectivity index is 1.64. The molecule has 2 aromatic carbocycles. The third-order valence-electron chi connectivity index (χ3n) is 5.76. The largest absolute Gasteiger partial charge is 0.494 e. The molecule has 2 heterocycles. The Labute approximate surface area is 172 Å². The van der Waals surface area contributed by atoms with E-state index in [0.717, 1.165) is 22.6 Å². The van der Waals surface area contributed by atoms with E-state index in [2.05, 4.69) is 0 Å². The van der Waals surface area contributed by atoms with Gasteiger partial charge in [0.25, 0.3) is 0 Å². The summed E-state index contributed by atoms with van der Waals surface area (Å²) in [5.74, 6) is 0.754. The van der Waals surface area contributed by atoms with Crippen molar-refractivity contribution in [1.29, 1.82) is 0 Å². The zero-order valence-corrected chi connectivity index (χ0v) is 17.6. The first-order chi connectivity index (χ1) is 13.9. The minimum atomic E-state index is -3.21. The van der Waals surface area contributed by atoms with E-state index in [1.165, 1.54) is 0 Å². The topological polar surface area (TPSA) is 66.9 Å². The second kappa shape index (κ2) is 7.80. The van der Waals surface area contributed by atoms with Crippen LogP contribution >= 0.6 is 0 Å². The van der Waals surface area contributed by atoms with Crippen molar-refractivity contribution in [1.82, 2.24) is 4.90 Å². The summed E-state index contributed by atoms with van der Waals surface area (Å²) in [6.07, 6.45) is 0. The summed E-state index contributed by atoms with van der Waals surface area (Å²) >= 11 is 0. The van der Waals surface area contributed by atoms with Crippen LogP contribution in [0, 0.1) is 6.92 Å². The van der Waals surface area contributed by atoms with Gasteiger partial charge in [-0.25, -0.2) is 8.42 Å². The van der Waals surface area contributed by atoms with Gasteiger partial charge in [-0.3, -0.25) is 9.69 Å². The average Bonchev–Trinajstić information content (AvgIpc) is 3.00. The SMILES string of the molecule is CCOc1ccc(N2C(=O)CN(Cc3ccccc3C)[C@H]3CS(=O)(=O)C[C@H]32)cc1. The Bertz CT molecular complexity index is 1000. The number of piperazine rings is 1. The van der Waals surface area contributed by atoms with E-state index in [1.54, 1.807) is 4.90 Å². The molecule has 154 valence electrons. The van der Waals surface area contributed by atoms with Gasteiger partial charge in [-0.15, -0.1) is 0 Å². The number of ether oxygens (including phenoxy) is 1. The van der Waals surface area contributed by atoms with Crippen molar-refractivity contribution >= 4 is 21.4 Å². The van der Waals surface area contributed by atoms with Gasteiger partial charge >= 0.3 is 0 Å². The lowest BCUT2D eigenvalue weighted by molar-refractivity contribution is -0.123. The molecule has 0 bridgehead atoms. The predicted molar refractivity (Wildman–Crippen MR) is 113 cm³/mol. The Morgan fingerprint density at radius 3 is 2.41 bits per heavy atom. The summed E-state index contributed by atoms with van der Waals surface area (Å²) in [7, 11) is -3.21. The van der Waals surface area contributed by atoms with Gasteiger partial charge in [0.1, 0.15) is 5.75 Å². The Hall–Kier alpha value is -2.38. The molecule has 2 fully saturated rings. The maximum absolute atomic E-state index is 13.1. The predicted octanol–water partition coefficient (Wildman–Crippen LogP) is 2.41. The number of amides is 1. The molecular formula is C22H26N2O4S. The Morgan fingerprint density at radius 1 is 1.03 bits per heavy atom. The summed E-state index contributed by atoms with van der Waals surface area (Å²) in [6, 6.07) is 14.8. The third kappa shape index (κ3) is 4.02. The zero-order chi connectivity index (χ0) is 20.6. The fourth-order valence-electron chi connectivity index (χ4n) is 4.34. The number of fused-ring (bicyclic) bond motifs is 1. The van der Waals surface area contributed by atoms with Crippen molar-refractivity contribution in [2.45, 2.75) is 32.5 Å². The van der Waals surface area contributed by atoms with E-state index in [0.29, 0.717) is 13.2 Å². The number of sulfone groups is 1. The fraction of sp³-hybridized carbons (Fsp3) is 0.409. The number of anilines is 1. The van der Waals surface area contributed by atoms with Crippen molar-refractivity contribution in [3.63, 3.8) is 0 Å². The highest BCUT2D eigenvalue weighted by molar-refractivity contribution is 7.91. The van der Waals surface area contributed by atoms with E-state index in [-0.39, 0.29) is 36.0 Å². The quantitative estimate of drug-likeness (QED) is 0.752. The lowest BCUT2D eigenvalue weighted by Gasteiger charge is -2.43. The second-order valence-corrected chi connectivity index (χ2v) is 9.89. The zero-order valence-electron chi connectivity index (χ0n) is 16.7. The molecule has 0 radical (unpaired) electrons. The summed E-state index contributed by atoms with van der Waals surface area (Å²) in [6.45, 7) is 5.30. The van der Waals surface area contributed by atoms with Crippen molar-refractivity contribution < 1.29 is 17.9 Å². The molecule has 2 aliphatic rings. The lowest BCUT2D eigenvalue weighted by atomic mass is 10.0. The van der Waals surface area contributed by atoms with Gasteiger partial charge in [-0.05, 0) is 49.2 Å². The fourth-order valence-corrected chi connectivity index (χ4v) is 6.32. The number of hydrogen-bond acceptors (Lipinski definition) is 5. The number of aryl methyl sites for hydroxylation is 1.